The maximum Gasteiger partial charge on any atom is 0.263 e. The van der Waals surface area contributed by atoms with Gasteiger partial charge in [-0.25, -0.2) is 8.42 Å². The van der Waals surface area contributed by atoms with E-state index in [0.717, 1.165) is 4.47 Å². The zero-order chi connectivity index (χ0) is 15.5. The van der Waals surface area contributed by atoms with Crippen LogP contribution in [0.2, 0.25) is 0 Å². The molecule has 21 heavy (non-hydrogen) atoms. The summed E-state index contributed by atoms with van der Waals surface area (Å²) in [5.74, 6) is 0.767. The summed E-state index contributed by atoms with van der Waals surface area (Å²) in [6.45, 7) is 3.96. The molecule has 0 aliphatic heterocycles. The fourth-order valence-corrected chi connectivity index (χ4v) is 2.83. The summed E-state index contributed by atoms with van der Waals surface area (Å²) < 4.78 is 27.5. The van der Waals surface area contributed by atoms with Crippen molar-refractivity contribution in [1.29, 1.82) is 0 Å². The molecule has 2 aromatic rings. The Morgan fingerprint density at radius 1 is 1.00 bits per heavy atom. The fourth-order valence-electron chi connectivity index (χ4n) is 1.57. The van der Waals surface area contributed by atoms with E-state index in [-0.39, 0.29) is 16.8 Å². The van der Waals surface area contributed by atoms with Crippen LogP contribution < -0.4 is 10.0 Å². The molecule has 8 heteroatoms. The number of hydrogen-bond acceptors (Lipinski definition) is 5. The standard InChI is InChI=1S/C13H15BrN4O2S/c1-9(2)15-12-7-8-13(17-16-12)18-21(19,20)11-5-3-10(14)4-6-11/h3-9H,1-2H3,(H,15,16)(H,17,18). The summed E-state index contributed by atoms with van der Waals surface area (Å²) in [6, 6.07) is 9.81. The van der Waals surface area contributed by atoms with E-state index in [2.05, 4.69) is 36.2 Å². The third kappa shape index (κ3) is 4.40. The molecule has 1 aromatic heterocycles. The zero-order valence-electron chi connectivity index (χ0n) is 11.5. The Balaban J connectivity index is 2.15. The molecule has 0 fully saturated rings. The molecular weight excluding hydrogens is 356 g/mol. The van der Waals surface area contributed by atoms with Gasteiger partial charge >= 0.3 is 0 Å². The fraction of sp³-hybridized carbons (Fsp3) is 0.231. The topological polar surface area (TPSA) is 84.0 Å². The molecule has 0 saturated carbocycles. The number of nitrogens with zero attached hydrogens (tertiary/aromatic N) is 2. The van der Waals surface area contributed by atoms with Crippen molar-refractivity contribution in [2.75, 3.05) is 10.0 Å². The van der Waals surface area contributed by atoms with E-state index in [1.807, 2.05) is 13.8 Å². The summed E-state index contributed by atoms with van der Waals surface area (Å²) in [6.07, 6.45) is 0. The minimum atomic E-state index is -3.66. The van der Waals surface area contributed by atoms with Crippen LogP contribution >= 0.6 is 15.9 Å². The molecule has 0 spiro atoms. The number of hydrogen-bond donors (Lipinski definition) is 2. The summed E-state index contributed by atoms with van der Waals surface area (Å²) in [5, 5.41) is 10.8. The van der Waals surface area contributed by atoms with Crippen LogP contribution in [0.25, 0.3) is 0 Å². The van der Waals surface area contributed by atoms with Crippen LogP contribution in [0.15, 0.2) is 45.8 Å². The van der Waals surface area contributed by atoms with Crippen LogP contribution in [-0.2, 0) is 10.0 Å². The number of halogens is 1. The predicted octanol–water partition coefficient (Wildman–Crippen LogP) is 2.86. The van der Waals surface area contributed by atoms with E-state index < -0.39 is 10.0 Å². The summed E-state index contributed by atoms with van der Waals surface area (Å²) in [5.41, 5.74) is 0. The van der Waals surface area contributed by atoms with E-state index >= 15 is 0 Å². The molecule has 0 aliphatic carbocycles. The minimum Gasteiger partial charge on any atom is -0.366 e. The summed E-state index contributed by atoms with van der Waals surface area (Å²) in [7, 11) is -3.66. The van der Waals surface area contributed by atoms with Crippen molar-refractivity contribution >= 4 is 37.6 Å². The van der Waals surface area contributed by atoms with E-state index in [1.165, 1.54) is 12.1 Å². The van der Waals surface area contributed by atoms with Gasteiger partial charge in [0.05, 0.1) is 4.90 Å². The average Bonchev–Trinajstić information content (AvgIpc) is 2.40. The lowest BCUT2D eigenvalue weighted by molar-refractivity contribution is 0.601. The van der Waals surface area contributed by atoms with Crippen molar-refractivity contribution < 1.29 is 8.42 Å². The van der Waals surface area contributed by atoms with Gasteiger partial charge in [0.1, 0.15) is 5.82 Å². The van der Waals surface area contributed by atoms with Crippen LogP contribution in [0.5, 0.6) is 0 Å². The minimum absolute atomic E-state index is 0.164. The van der Waals surface area contributed by atoms with Gasteiger partial charge in [-0.1, -0.05) is 15.9 Å². The highest BCUT2D eigenvalue weighted by molar-refractivity contribution is 9.10. The second-order valence-electron chi connectivity index (χ2n) is 4.66. The van der Waals surface area contributed by atoms with Gasteiger partial charge < -0.3 is 5.32 Å². The van der Waals surface area contributed by atoms with Gasteiger partial charge in [-0.3, -0.25) is 4.72 Å². The number of benzene rings is 1. The van der Waals surface area contributed by atoms with Crippen LogP contribution in [-0.4, -0.2) is 24.7 Å². The van der Waals surface area contributed by atoms with Crippen LogP contribution in [0.3, 0.4) is 0 Å². The molecule has 1 heterocycles. The van der Waals surface area contributed by atoms with Crippen molar-refractivity contribution in [3.05, 3.63) is 40.9 Å². The lowest BCUT2D eigenvalue weighted by atomic mass is 10.4. The maximum atomic E-state index is 12.2. The SMILES string of the molecule is CC(C)Nc1ccc(NS(=O)(=O)c2ccc(Br)cc2)nn1. The molecule has 0 aliphatic rings. The monoisotopic (exact) mass is 370 g/mol. The second-order valence-corrected chi connectivity index (χ2v) is 7.26. The van der Waals surface area contributed by atoms with E-state index in [4.69, 9.17) is 0 Å². The summed E-state index contributed by atoms with van der Waals surface area (Å²) >= 11 is 3.26. The average molecular weight is 371 g/mol. The number of sulfonamides is 1. The Hall–Kier alpha value is -1.67. The Morgan fingerprint density at radius 3 is 2.10 bits per heavy atom. The first kappa shape index (κ1) is 15.7. The first-order valence-electron chi connectivity index (χ1n) is 6.25. The van der Waals surface area contributed by atoms with Gasteiger partial charge in [0.2, 0.25) is 0 Å². The van der Waals surface area contributed by atoms with Gasteiger partial charge in [0, 0.05) is 10.5 Å². The van der Waals surface area contributed by atoms with Gasteiger partial charge in [-0.05, 0) is 50.2 Å². The molecule has 0 saturated heterocycles. The van der Waals surface area contributed by atoms with Crippen molar-refractivity contribution in [3.8, 4) is 0 Å². The third-order valence-corrected chi connectivity index (χ3v) is 4.36. The van der Waals surface area contributed by atoms with Crippen molar-refractivity contribution in [2.45, 2.75) is 24.8 Å². The molecule has 1 aromatic carbocycles. The van der Waals surface area contributed by atoms with E-state index in [0.29, 0.717) is 5.82 Å². The molecule has 0 radical (unpaired) electrons. The molecule has 0 atom stereocenters. The highest BCUT2D eigenvalue weighted by atomic mass is 79.9. The van der Waals surface area contributed by atoms with Gasteiger partial charge in [0.25, 0.3) is 10.0 Å². The van der Waals surface area contributed by atoms with Crippen molar-refractivity contribution in [3.63, 3.8) is 0 Å². The predicted molar refractivity (Wildman–Crippen MR) is 85.7 cm³/mol. The first-order valence-corrected chi connectivity index (χ1v) is 8.53. The second kappa shape index (κ2) is 6.40. The molecule has 2 rings (SSSR count). The van der Waals surface area contributed by atoms with Crippen LogP contribution in [0.1, 0.15) is 13.8 Å². The normalized spacial score (nSPS) is 11.4. The Labute approximate surface area is 132 Å². The third-order valence-electron chi connectivity index (χ3n) is 2.46. The zero-order valence-corrected chi connectivity index (χ0v) is 13.9. The van der Waals surface area contributed by atoms with E-state index in [9.17, 15) is 8.42 Å². The molecule has 112 valence electrons. The van der Waals surface area contributed by atoms with Gasteiger partial charge in [-0.15, -0.1) is 10.2 Å². The number of anilines is 2. The Kier molecular flexibility index (Phi) is 4.79. The highest BCUT2D eigenvalue weighted by Gasteiger charge is 2.14. The Morgan fingerprint density at radius 2 is 1.57 bits per heavy atom. The smallest absolute Gasteiger partial charge is 0.263 e. The van der Waals surface area contributed by atoms with E-state index in [1.54, 1.807) is 24.3 Å². The quantitative estimate of drug-likeness (QED) is 0.845. The van der Waals surface area contributed by atoms with Crippen LogP contribution in [0, 0.1) is 0 Å². The lowest BCUT2D eigenvalue weighted by Gasteiger charge is -2.10. The first-order chi connectivity index (χ1) is 9.87. The molecule has 6 nitrogen and oxygen atoms in total. The van der Waals surface area contributed by atoms with Gasteiger partial charge in [-0.2, -0.15) is 0 Å². The number of rotatable bonds is 5. The van der Waals surface area contributed by atoms with Crippen LogP contribution in [0.4, 0.5) is 11.6 Å². The maximum absolute atomic E-state index is 12.2. The molecule has 2 N–H and O–H groups in total. The highest BCUT2D eigenvalue weighted by Crippen LogP contribution is 2.17. The molecule has 0 unspecified atom stereocenters. The molecule has 0 bridgehead atoms. The summed E-state index contributed by atoms with van der Waals surface area (Å²) in [4.78, 5) is 0.164. The van der Waals surface area contributed by atoms with Gasteiger partial charge in [0.15, 0.2) is 5.82 Å². The number of aromatic nitrogens is 2. The lowest BCUT2D eigenvalue weighted by Crippen LogP contribution is -2.15. The molecular formula is C13H15BrN4O2S. The number of nitrogens with one attached hydrogen (secondary N) is 2. The van der Waals surface area contributed by atoms with Crippen molar-refractivity contribution in [1.82, 2.24) is 10.2 Å². The van der Waals surface area contributed by atoms with Crippen molar-refractivity contribution in [2.24, 2.45) is 0 Å². The Bertz CT molecular complexity index is 700. The largest absolute Gasteiger partial charge is 0.366 e. The molecule has 0 amide bonds.